The van der Waals surface area contributed by atoms with Crippen molar-refractivity contribution in [1.29, 1.82) is 0 Å². The number of nitrogens with zero attached hydrogens (tertiary/aromatic N) is 2. The van der Waals surface area contributed by atoms with Crippen LogP contribution in [0.1, 0.15) is 26.7 Å². The van der Waals surface area contributed by atoms with Gasteiger partial charge in [0.1, 0.15) is 0 Å². The van der Waals surface area contributed by atoms with Gasteiger partial charge in [0.2, 0.25) is 11.8 Å². The van der Waals surface area contributed by atoms with E-state index in [2.05, 4.69) is 17.2 Å². The van der Waals surface area contributed by atoms with Crippen LogP contribution in [0.25, 0.3) is 0 Å². The maximum Gasteiger partial charge on any atom is 0.321 e. The molecule has 23 heavy (non-hydrogen) atoms. The van der Waals surface area contributed by atoms with Gasteiger partial charge >= 0.3 is 6.03 Å². The minimum atomic E-state index is -0.513. The van der Waals surface area contributed by atoms with E-state index in [1.165, 1.54) is 0 Å². The molecule has 2 N–H and O–H groups in total. The third kappa shape index (κ3) is 6.40. The van der Waals surface area contributed by atoms with Crippen molar-refractivity contribution in [2.75, 3.05) is 39.3 Å². The fourth-order valence-electron chi connectivity index (χ4n) is 2.71. The molecule has 0 aromatic rings. The standard InChI is InChI=1S/C16H28N4O3/c1-4-9-17-16(23)18-14(21)12-19-10-7-13(8-11-19)15(22)20(5-2)6-3/h4,13H,1,5-12H2,2-3H3,(H2,17,18,21,23). The van der Waals surface area contributed by atoms with Crippen molar-refractivity contribution in [1.82, 2.24) is 20.4 Å². The number of imide groups is 1. The van der Waals surface area contributed by atoms with Gasteiger partial charge in [-0.15, -0.1) is 6.58 Å². The lowest BCUT2D eigenvalue weighted by molar-refractivity contribution is -0.136. The Labute approximate surface area is 138 Å². The van der Waals surface area contributed by atoms with E-state index in [0.717, 1.165) is 25.9 Å². The second-order valence-electron chi connectivity index (χ2n) is 5.61. The van der Waals surface area contributed by atoms with E-state index in [9.17, 15) is 14.4 Å². The van der Waals surface area contributed by atoms with Gasteiger partial charge in [0.15, 0.2) is 0 Å². The maximum absolute atomic E-state index is 12.3. The van der Waals surface area contributed by atoms with E-state index < -0.39 is 6.03 Å². The Balaban J connectivity index is 2.33. The molecular weight excluding hydrogens is 296 g/mol. The van der Waals surface area contributed by atoms with E-state index in [1.807, 2.05) is 23.6 Å². The molecule has 0 aliphatic carbocycles. The zero-order valence-corrected chi connectivity index (χ0v) is 14.1. The van der Waals surface area contributed by atoms with E-state index >= 15 is 0 Å². The number of hydrogen-bond acceptors (Lipinski definition) is 4. The molecule has 1 fully saturated rings. The van der Waals surface area contributed by atoms with Gasteiger partial charge in [0, 0.05) is 25.6 Å². The van der Waals surface area contributed by atoms with Gasteiger partial charge in [-0.25, -0.2) is 4.79 Å². The lowest BCUT2D eigenvalue weighted by Gasteiger charge is -2.33. The van der Waals surface area contributed by atoms with Crippen LogP contribution in [0.2, 0.25) is 0 Å². The van der Waals surface area contributed by atoms with Crippen molar-refractivity contribution in [3.8, 4) is 0 Å². The van der Waals surface area contributed by atoms with E-state index in [0.29, 0.717) is 19.6 Å². The van der Waals surface area contributed by atoms with Crippen molar-refractivity contribution >= 4 is 17.8 Å². The number of urea groups is 1. The number of likely N-dealkylation sites (tertiary alicyclic amines) is 1. The number of hydrogen-bond donors (Lipinski definition) is 2. The van der Waals surface area contributed by atoms with Crippen LogP contribution in [-0.4, -0.2) is 66.9 Å². The van der Waals surface area contributed by atoms with E-state index in [1.54, 1.807) is 6.08 Å². The molecule has 0 aromatic carbocycles. The van der Waals surface area contributed by atoms with Crippen molar-refractivity contribution < 1.29 is 14.4 Å². The Morgan fingerprint density at radius 3 is 2.35 bits per heavy atom. The average molecular weight is 324 g/mol. The van der Waals surface area contributed by atoms with Gasteiger partial charge < -0.3 is 10.2 Å². The fourth-order valence-corrected chi connectivity index (χ4v) is 2.71. The molecule has 1 aliphatic heterocycles. The van der Waals surface area contributed by atoms with Crippen LogP contribution >= 0.6 is 0 Å². The number of nitrogens with one attached hydrogen (secondary N) is 2. The van der Waals surface area contributed by atoms with Gasteiger partial charge in [-0.05, 0) is 39.8 Å². The molecular formula is C16H28N4O3. The summed E-state index contributed by atoms with van der Waals surface area (Å²) < 4.78 is 0. The second-order valence-corrected chi connectivity index (χ2v) is 5.61. The summed E-state index contributed by atoms with van der Waals surface area (Å²) in [7, 11) is 0. The van der Waals surface area contributed by atoms with Crippen molar-refractivity contribution in [2.45, 2.75) is 26.7 Å². The summed E-state index contributed by atoms with van der Waals surface area (Å²) in [6.07, 6.45) is 3.05. The quantitative estimate of drug-likeness (QED) is 0.671. The monoisotopic (exact) mass is 324 g/mol. The van der Waals surface area contributed by atoms with Gasteiger partial charge in [-0.2, -0.15) is 0 Å². The zero-order valence-electron chi connectivity index (χ0n) is 14.1. The lowest BCUT2D eigenvalue weighted by Crippen LogP contribution is -2.47. The highest BCUT2D eigenvalue weighted by atomic mass is 16.2. The Kier molecular flexibility index (Phi) is 8.32. The van der Waals surface area contributed by atoms with Gasteiger partial charge in [0.25, 0.3) is 0 Å². The molecule has 0 atom stereocenters. The van der Waals surface area contributed by atoms with Crippen molar-refractivity contribution in [3.05, 3.63) is 12.7 Å². The highest BCUT2D eigenvalue weighted by molar-refractivity contribution is 5.95. The third-order valence-corrected chi connectivity index (χ3v) is 4.04. The predicted molar refractivity (Wildman–Crippen MR) is 88.8 cm³/mol. The van der Waals surface area contributed by atoms with Gasteiger partial charge in [-0.3, -0.25) is 19.8 Å². The molecule has 0 spiro atoms. The summed E-state index contributed by atoms with van der Waals surface area (Å²) in [6.45, 7) is 10.8. The van der Waals surface area contributed by atoms with Crippen LogP contribution in [0, 0.1) is 5.92 Å². The molecule has 0 aromatic heterocycles. The highest BCUT2D eigenvalue weighted by Crippen LogP contribution is 2.19. The molecule has 1 aliphatic rings. The normalized spacial score (nSPS) is 15.7. The van der Waals surface area contributed by atoms with Crippen molar-refractivity contribution in [3.63, 3.8) is 0 Å². The highest BCUT2D eigenvalue weighted by Gasteiger charge is 2.28. The molecule has 0 bridgehead atoms. The van der Waals surface area contributed by atoms with Crippen LogP contribution in [0.3, 0.4) is 0 Å². The topological polar surface area (TPSA) is 81.8 Å². The molecule has 0 saturated carbocycles. The summed E-state index contributed by atoms with van der Waals surface area (Å²) in [4.78, 5) is 39.3. The Morgan fingerprint density at radius 2 is 1.83 bits per heavy atom. The van der Waals surface area contributed by atoms with Crippen LogP contribution in [-0.2, 0) is 9.59 Å². The van der Waals surface area contributed by atoms with E-state index in [4.69, 9.17) is 0 Å². The summed E-state index contributed by atoms with van der Waals surface area (Å²) in [5, 5.41) is 4.77. The SMILES string of the molecule is C=CCNC(=O)NC(=O)CN1CCC(C(=O)N(CC)CC)CC1. The Morgan fingerprint density at radius 1 is 1.22 bits per heavy atom. The number of amides is 4. The maximum atomic E-state index is 12.3. The fraction of sp³-hybridized carbons (Fsp3) is 0.688. The second kappa shape index (κ2) is 9.99. The molecule has 130 valence electrons. The largest absolute Gasteiger partial charge is 0.343 e. The third-order valence-electron chi connectivity index (χ3n) is 4.04. The van der Waals surface area contributed by atoms with Crippen LogP contribution in [0.5, 0.6) is 0 Å². The van der Waals surface area contributed by atoms with Crippen molar-refractivity contribution in [2.24, 2.45) is 5.92 Å². The molecule has 1 saturated heterocycles. The Hall–Kier alpha value is -1.89. The molecule has 4 amide bonds. The first-order valence-electron chi connectivity index (χ1n) is 8.21. The smallest absolute Gasteiger partial charge is 0.321 e. The molecule has 0 radical (unpaired) electrons. The zero-order chi connectivity index (χ0) is 17.2. The minimum Gasteiger partial charge on any atom is -0.343 e. The van der Waals surface area contributed by atoms with E-state index in [-0.39, 0.29) is 24.3 Å². The summed E-state index contributed by atoms with van der Waals surface area (Å²) in [5.41, 5.74) is 0. The van der Waals surface area contributed by atoms with Crippen LogP contribution in [0.4, 0.5) is 4.79 Å². The number of piperidine rings is 1. The number of rotatable bonds is 7. The average Bonchev–Trinajstić information content (AvgIpc) is 2.54. The molecule has 7 heteroatoms. The molecule has 7 nitrogen and oxygen atoms in total. The first-order valence-corrected chi connectivity index (χ1v) is 8.21. The molecule has 0 unspecified atom stereocenters. The molecule has 1 heterocycles. The molecule has 1 rings (SSSR count). The van der Waals surface area contributed by atoms with Gasteiger partial charge in [-0.1, -0.05) is 6.08 Å². The lowest BCUT2D eigenvalue weighted by atomic mass is 9.95. The van der Waals surface area contributed by atoms with Crippen LogP contribution in [0.15, 0.2) is 12.7 Å². The Bertz CT molecular complexity index is 427. The minimum absolute atomic E-state index is 0.0464. The predicted octanol–water partition coefficient (Wildman–Crippen LogP) is 0.579. The summed E-state index contributed by atoms with van der Waals surface area (Å²) in [6, 6.07) is -0.513. The summed E-state index contributed by atoms with van der Waals surface area (Å²) in [5.74, 6) is -0.0758. The first-order chi connectivity index (χ1) is 11.0. The summed E-state index contributed by atoms with van der Waals surface area (Å²) >= 11 is 0. The first kappa shape index (κ1) is 19.2. The number of carbonyl (C=O) groups excluding carboxylic acids is 3. The van der Waals surface area contributed by atoms with Gasteiger partial charge in [0.05, 0.1) is 6.54 Å². The van der Waals surface area contributed by atoms with Crippen LogP contribution < -0.4 is 10.6 Å². The number of carbonyl (C=O) groups is 3.